The van der Waals surface area contributed by atoms with Crippen molar-refractivity contribution in [1.29, 1.82) is 0 Å². The maximum Gasteiger partial charge on any atom is 0.330 e. The summed E-state index contributed by atoms with van der Waals surface area (Å²) in [7, 11) is 0. The van der Waals surface area contributed by atoms with Gasteiger partial charge < -0.3 is 9.72 Å². The van der Waals surface area contributed by atoms with Crippen molar-refractivity contribution in [3.8, 4) is 0 Å². The number of halogens is 5. The van der Waals surface area contributed by atoms with Gasteiger partial charge in [0.15, 0.2) is 0 Å². The van der Waals surface area contributed by atoms with Gasteiger partial charge in [-0.3, -0.25) is 4.79 Å². The van der Waals surface area contributed by atoms with Crippen molar-refractivity contribution in [2.75, 3.05) is 6.61 Å². The first-order valence-corrected chi connectivity index (χ1v) is 6.63. The van der Waals surface area contributed by atoms with Crippen LogP contribution in [0.2, 0.25) is 0 Å². The van der Waals surface area contributed by atoms with Crippen molar-refractivity contribution >= 4 is 15.9 Å². The van der Waals surface area contributed by atoms with Crippen LogP contribution in [0.3, 0.4) is 0 Å². The van der Waals surface area contributed by atoms with Gasteiger partial charge in [0, 0.05) is 5.92 Å². The van der Waals surface area contributed by atoms with Crippen LogP contribution in [0.15, 0.2) is 9.27 Å². The Bertz CT molecular complexity index is 546. The quantitative estimate of drug-likeness (QED) is 0.795. The second kappa shape index (κ2) is 5.80. The molecule has 2 rings (SSSR count). The molecule has 1 heterocycles. The van der Waals surface area contributed by atoms with E-state index >= 15 is 0 Å². The van der Waals surface area contributed by atoms with Gasteiger partial charge in [-0.15, -0.1) is 0 Å². The molecule has 20 heavy (non-hydrogen) atoms. The minimum absolute atomic E-state index is 0.0465. The summed E-state index contributed by atoms with van der Waals surface area (Å²) >= 11 is 3.11. The fourth-order valence-electron chi connectivity index (χ4n) is 1.57. The van der Waals surface area contributed by atoms with E-state index in [1.807, 2.05) is 0 Å². The summed E-state index contributed by atoms with van der Waals surface area (Å²) in [5, 5.41) is 0. The summed E-state index contributed by atoms with van der Waals surface area (Å²) < 4.78 is 53.9. The van der Waals surface area contributed by atoms with Crippen LogP contribution < -0.4 is 5.56 Å². The Morgan fingerprint density at radius 3 is 2.65 bits per heavy atom. The Balaban J connectivity index is 2.02. The molecule has 1 aliphatic rings. The standard InChI is InChI=1S/C11H11BrF4N2O2/c12-7-8(5-1-2-5)17-6(18-9(7)19)3-20-4-11(15,16)10(13)14/h5,10H,1-4H2,(H,17,18,19). The Kier molecular flexibility index (Phi) is 4.48. The molecular formula is C11H11BrF4N2O2. The molecule has 1 aromatic heterocycles. The lowest BCUT2D eigenvalue weighted by Crippen LogP contribution is -2.32. The number of H-pyrrole nitrogens is 1. The highest BCUT2D eigenvalue weighted by atomic mass is 79.9. The first-order chi connectivity index (χ1) is 9.31. The first kappa shape index (κ1) is 15.4. The van der Waals surface area contributed by atoms with E-state index in [2.05, 4.69) is 30.6 Å². The van der Waals surface area contributed by atoms with Crippen LogP contribution in [0.1, 0.15) is 30.3 Å². The minimum atomic E-state index is -4.21. The molecule has 0 aromatic carbocycles. The van der Waals surface area contributed by atoms with Crippen LogP contribution in [0.25, 0.3) is 0 Å². The molecule has 0 atom stereocenters. The number of hydrogen-bond donors (Lipinski definition) is 1. The molecule has 0 radical (unpaired) electrons. The molecule has 1 aromatic rings. The number of alkyl halides is 4. The lowest BCUT2D eigenvalue weighted by atomic mass is 10.3. The van der Waals surface area contributed by atoms with Gasteiger partial charge in [-0.1, -0.05) is 0 Å². The fourth-order valence-corrected chi connectivity index (χ4v) is 2.08. The maximum absolute atomic E-state index is 12.6. The van der Waals surface area contributed by atoms with Crippen LogP contribution in [0, 0.1) is 0 Å². The van der Waals surface area contributed by atoms with Crippen LogP contribution in [-0.4, -0.2) is 28.9 Å². The number of hydrogen-bond acceptors (Lipinski definition) is 3. The van der Waals surface area contributed by atoms with Crippen LogP contribution >= 0.6 is 15.9 Å². The van der Waals surface area contributed by atoms with Crippen LogP contribution in [0.5, 0.6) is 0 Å². The molecule has 0 aliphatic heterocycles. The summed E-state index contributed by atoms with van der Waals surface area (Å²) in [6, 6.07) is 0. The number of rotatable bonds is 6. The van der Waals surface area contributed by atoms with Gasteiger partial charge in [0.05, 0.1) is 5.69 Å². The van der Waals surface area contributed by atoms with Gasteiger partial charge in [0.1, 0.15) is 23.5 Å². The van der Waals surface area contributed by atoms with Crippen molar-refractivity contribution in [2.45, 2.75) is 37.7 Å². The highest BCUT2D eigenvalue weighted by Crippen LogP contribution is 2.41. The third-order valence-corrected chi connectivity index (χ3v) is 3.52. The molecule has 0 saturated heterocycles. The number of ether oxygens (including phenoxy) is 1. The van der Waals surface area contributed by atoms with Crippen molar-refractivity contribution in [1.82, 2.24) is 9.97 Å². The van der Waals surface area contributed by atoms with E-state index in [9.17, 15) is 22.4 Å². The van der Waals surface area contributed by atoms with Gasteiger partial charge in [-0.05, 0) is 28.8 Å². The molecule has 0 spiro atoms. The van der Waals surface area contributed by atoms with Crippen molar-refractivity contribution < 1.29 is 22.3 Å². The molecule has 1 aliphatic carbocycles. The minimum Gasteiger partial charge on any atom is -0.367 e. The van der Waals surface area contributed by atoms with E-state index in [4.69, 9.17) is 0 Å². The van der Waals surface area contributed by atoms with E-state index < -0.39 is 31.1 Å². The molecule has 1 N–H and O–H groups in total. The van der Waals surface area contributed by atoms with E-state index in [1.165, 1.54) is 0 Å². The summed E-state index contributed by atoms with van der Waals surface area (Å²) in [5.74, 6) is -3.99. The normalized spacial score (nSPS) is 15.9. The van der Waals surface area contributed by atoms with Gasteiger partial charge in [-0.25, -0.2) is 13.8 Å². The average Bonchev–Trinajstić information content (AvgIpc) is 3.17. The van der Waals surface area contributed by atoms with Crippen molar-refractivity contribution in [3.05, 3.63) is 26.3 Å². The maximum atomic E-state index is 12.6. The van der Waals surface area contributed by atoms with Crippen molar-refractivity contribution in [3.63, 3.8) is 0 Å². The molecule has 4 nitrogen and oxygen atoms in total. The van der Waals surface area contributed by atoms with E-state index in [0.29, 0.717) is 10.2 Å². The number of nitrogens with one attached hydrogen (secondary N) is 1. The molecule has 1 saturated carbocycles. The molecule has 9 heteroatoms. The van der Waals surface area contributed by atoms with Gasteiger partial charge in [-0.2, -0.15) is 8.78 Å². The predicted octanol–water partition coefficient (Wildman–Crippen LogP) is 2.83. The predicted molar refractivity (Wildman–Crippen MR) is 65.1 cm³/mol. The lowest BCUT2D eigenvalue weighted by Gasteiger charge is -2.15. The molecular weight excluding hydrogens is 348 g/mol. The Hall–Kier alpha value is -0.960. The molecule has 112 valence electrons. The zero-order chi connectivity index (χ0) is 14.9. The highest BCUT2D eigenvalue weighted by Gasteiger charge is 2.41. The molecule has 0 unspecified atom stereocenters. The first-order valence-electron chi connectivity index (χ1n) is 5.83. The lowest BCUT2D eigenvalue weighted by molar-refractivity contribution is -0.168. The van der Waals surface area contributed by atoms with Crippen molar-refractivity contribution in [2.24, 2.45) is 0 Å². The topological polar surface area (TPSA) is 55.0 Å². The summed E-state index contributed by atoms with van der Waals surface area (Å²) in [5.41, 5.74) is 0.106. The second-order valence-corrected chi connectivity index (χ2v) is 5.33. The van der Waals surface area contributed by atoms with E-state index in [-0.39, 0.29) is 11.7 Å². The van der Waals surface area contributed by atoms with Gasteiger partial charge in [0.2, 0.25) is 0 Å². The van der Waals surface area contributed by atoms with Crippen LogP contribution in [0.4, 0.5) is 17.6 Å². The SMILES string of the molecule is O=c1[nH]c(COCC(F)(F)C(F)F)nc(C2CC2)c1Br. The van der Waals surface area contributed by atoms with Gasteiger partial charge in [0.25, 0.3) is 5.56 Å². The number of aromatic amines is 1. The zero-order valence-corrected chi connectivity index (χ0v) is 11.7. The Morgan fingerprint density at radius 1 is 1.45 bits per heavy atom. The monoisotopic (exact) mass is 358 g/mol. The highest BCUT2D eigenvalue weighted by molar-refractivity contribution is 9.10. The summed E-state index contributed by atoms with van der Waals surface area (Å²) in [6.45, 7) is -1.88. The summed E-state index contributed by atoms with van der Waals surface area (Å²) in [6.07, 6.45) is -1.99. The summed E-state index contributed by atoms with van der Waals surface area (Å²) in [4.78, 5) is 18.0. The third kappa shape index (κ3) is 3.57. The third-order valence-electron chi connectivity index (χ3n) is 2.75. The zero-order valence-electron chi connectivity index (χ0n) is 10.1. The molecule has 1 fully saturated rings. The Morgan fingerprint density at radius 2 is 2.10 bits per heavy atom. The number of aromatic nitrogens is 2. The molecule has 0 bridgehead atoms. The number of nitrogens with zero attached hydrogens (tertiary/aromatic N) is 1. The Labute approximate surface area is 119 Å². The second-order valence-electron chi connectivity index (χ2n) is 4.54. The largest absolute Gasteiger partial charge is 0.367 e. The van der Waals surface area contributed by atoms with E-state index in [0.717, 1.165) is 12.8 Å². The van der Waals surface area contributed by atoms with E-state index in [1.54, 1.807) is 0 Å². The van der Waals surface area contributed by atoms with Gasteiger partial charge >= 0.3 is 12.3 Å². The smallest absolute Gasteiger partial charge is 0.330 e. The molecule has 0 amide bonds. The fraction of sp³-hybridized carbons (Fsp3) is 0.636. The average molecular weight is 359 g/mol. The van der Waals surface area contributed by atoms with Crippen LogP contribution in [-0.2, 0) is 11.3 Å².